The molecule has 1 saturated heterocycles. The van der Waals surface area contributed by atoms with E-state index in [-0.39, 0.29) is 0 Å². The molecule has 0 aromatic heterocycles. The van der Waals surface area contributed by atoms with Crippen LogP contribution in [0.25, 0.3) is 6.08 Å². The number of thioether (sulfide) groups is 1. The first-order valence-electron chi connectivity index (χ1n) is 9.16. The molecule has 0 spiro atoms. The number of para-hydroxylation sites is 1. The smallest absolute Gasteiger partial charge is 0.0594 e. The average Bonchev–Trinajstić information content (AvgIpc) is 2.69. The first-order chi connectivity index (χ1) is 13.2. The highest BCUT2D eigenvalue weighted by molar-refractivity contribution is 8.03. The van der Waals surface area contributed by atoms with Crippen LogP contribution in [0.3, 0.4) is 0 Å². The van der Waals surface area contributed by atoms with E-state index in [1.165, 1.54) is 15.5 Å². The number of fused-ring (bicyclic) bond motifs is 1. The van der Waals surface area contributed by atoms with Crippen LogP contribution in [0.4, 0.5) is 5.69 Å². The van der Waals surface area contributed by atoms with Crippen LogP contribution < -0.4 is 4.90 Å². The minimum Gasteiger partial charge on any atom is -0.379 e. The minimum atomic E-state index is 0.663. The Hall–Kier alpha value is -1.17. The first kappa shape index (κ1) is 19.2. The second-order valence-electron chi connectivity index (χ2n) is 6.72. The van der Waals surface area contributed by atoms with Gasteiger partial charge in [0.2, 0.25) is 0 Å². The maximum atomic E-state index is 6.38. The van der Waals surface area contributed by atoms with E-state index in [1.807, 2.05) is 23.9 Å². The van der Waals surface area contributed by atoms with Gasteiger partial charge in [0.1, 0.15) is 0 Å². The van der Waals surface area contributed by atoms with Crippen molar-refractivity contribution in [3.05, 3.63) is 63.0 Å². The molecule has 27 heavy (non-hydrogen) atoms. The molecule has 4 rings (SSSR count). The number of nitrogens with zero attached hydrogens (tertiary/aromatic N) is 2. The number of benzene rings is 2. The van der Waals surface area contributed by atoms with E-state index in [2.05, 4.69) is 40.1 Å². The fourth-order valence-electron chi connectivity index (χ4n) is 3.41. The zero-order valence-corrected chi connectivity index (χ0v) is 17.4. The second kappa shape index (κ2) is 8.89. The van der Waals surface area contributed by atoms with Crippen LogP contribution in [0.2, 0.25) is 10.0 Å². The van der Waals surface area contributed by atoms with Gasteiger partial charge >= 0.3 is 0 Å². The number of hydrogen-bond donors (Lipinski definition) is 0. The van der Waals surface area contributed by atoms with Gasteiger partial charge in [-0.25, -0.2) is 0 Å². The Bertz CT molecular complexity index is 837. The molecule has 0 amide bonds. The molecule has 0 saturated carbocycles. The topological polar surface area (TPSA) is 15.7 Å². The standard InChI is InChI=1S/C21H22Cl2N2OS/c22-17-6-5-16(19(23)14-17)13-18-15-25(8-7-24-9-11-26-12-10-24)20-3-1-2-4-21(20)27-18/h1-6,13-14H,7-12,15H2. The van der Waals surface area contributed by atoms with Crippen LogP contribution in [-0.2, 0) is 4.74 Å². The van der Waals surface area contributed by atoms with E-state index >= 15 is 0 Å². The third kappa shape index (κ3) is 4.82. The van der Waals surface area contributed by atoms with Crippen LogP contribution in [0.5, 0.6) is 0 Å². The fraction of sp³-hybridized carbons (Fsp3) is 0.333. The summed E-state index contributed by atoms with van der Waals surface area (Å²) >= 11 is 14.2. The van der Waals surface area contributed by atoms with E-state index < -0.39 is 0 Å². The molecular formula is C21H22Cl2N2OS. The Morgan fingerprint density at radius 1 is 1.04 bits per heavy atom. The summed E-state index contributed by atoms with van der Waals surface area (Å²) in [6.07, 6.45) is 2.18. The van der Waals surface area contributed by atoms with E-state index in [0.29, 0.717) is 10.0 Å². The summed E-state index contributed by atoms with van der Waals surface area (Å²) in [6.45, 7) is 6.67. The summed E-state index contributed by atoms with van der Waals surface area (Å²) in [5.74, 6) is 0. The third-order valence-electron chi connectivity index (χ3n) is 4.86. The van der Waals surface area contributed by atoms with Gasteiger partial charge in [0.15, 0.2) is 0 Å². The zero-order chi connectivity index (χ0) is 18.6. The van der Waals surface area contributed by atoms with Crippen molar-refractivity contribution >= 4 is 46.7 Å². The van der Waals surface area contributed by atoms with Crippen LogP contribution in [-0.4, -0.2) is 50.8 Å². The summed E-state index contributed by atoms with van der Waals surface area (Å²) < 4.78 is 5.46. The van der Waals surface area contributed by atoms with E-state index in [1.54, 1.807) is 6.07 Å². The number of halogens is 2. The predicted molar refractivity (Wildman–Crippen MR) is 116 cm³/mol. The van der Waals surface area contributed by atoms with Crippen LogP contribution in [0.15, 0.2) is 52.3 Å². The number of ether oxygens (including phenoxy) is 1. The third-order valence-corrected chi connectivity index (χ3v) is 6.50. The molecule has 142 valence electrons. The maximum Gasteiger partial charge on any atom is 0.0594 e. The molecule has 0 unspecified atom stereocenters. The van der Waals surface area contributed by atoms with Gasteiger partial charge in [-0.05, 0) is 35.9 Å². The Morgan fingerprint density at radius 2 is 1.85 bits per heavy atom. The van der Waals surface area contributed by atoms with Crippen molar-refractivity contribution < 1.29 is 4.74 Å². The van der Waals surface area contributed by atoms with Gasteiger partial charge in [-0.3, -0.25) is 4.90 Å². The molecule has 2 heterocycles. The summed E-state index contributed by atoms with van der Waals surface area (Å²) in [6, 6.07) is 14.3. The van der Waals surface area contributed by atoms with Crippen LogP contribution in [0, 0.1) is 0 Å². The molecule has 0 N–H and O–H groups in total. The number of anilines is 1. The molecule has 2 aliphatic rings. The molecule has 1 fully saturated rings. The number of morpholine rings is 1. The molecule has 0 radical (unpaired) electrons. The van der Waals surface area contributed by atoms with Crippen molar-refractivity contribution in [1.29, 1.82) is 0 Å². The zero-order valence-electron chi connectivity index (χ0n) is 15.0. The van der Waals surface area contributed by atoms with Gasteiger partial charge in [0.25, 0.3) is 0 Å². The molecule has 2 aromatic carbocycles. The Balaban J connectivity index is 1.54. The summed E-state index contributed by atoms with van der Waals surface area (Å²) in [5.41, 5.74) is 2.33. The largest absolute Gasteiger partial charge is 0.379 e. The lowest BCUT2D eigenvalue weighted by Crippen LogP contribution is -2.42. The molecule has 2 aliphatic heterocycles. The molecule has 0 aliphatic carbocycles. The maximum absolute atomic E-state index is 6.38. The highest BCUT2D eigenvalue weighted by atomic mass is 35.5. The second-order valence-corrected chi connectivity index (χ2v) is 8.73. The number of hydrogen-bond acceptors (Lipinski definition) is 4. The quantitative estimate of drug-likeness (QED) is 0.667. The summed E-state index contributed by atoms with van der Waals surface area (Å²) in [7, 11) is 0. The Labute approximate surface area is 174 Å². The van der Waals surface area contributed by atoms with Gasteiger partial charge in [-0.15, -0.1) is 0 Å². The van der Waals surface area contributed by atoms with Gasteiger partial charge in [0, 0.05) is 52.6 Å². The van der Waals surface area contributed by atoms with E-state index in [0.717, 1.165) is 51.5 Å². The lowest BCUT2D eigenvalue weighted by Gasteiger charge is -2.35. The molecule has 0 bridgehead atoms. The number of rotatable bonds is 4. The predicted octanol–water partition coefficient (Wildman–Crippen LogP) is 5.28. The highest BCUT2D eigenvalue weighted by Gasteiger charge is 2.21. The first-order valence-corrected chi connectivity index (χ1v) is 10.7. The molecule has 0 atom stereocenters. The Morgan fingerprint density at radius 3 is 2.67 bits per heavy atom. The Kier molecular flexibility index (Phi) is 6.31. The van der Waals surface area contributed by atoms with Crippen molar-refractivity contribution in [2.45, 2.75) is 4.90 Å². The summed E-state index contributed by atoms with van der Waals surface area (Å²) in [4.78, 5) is 7.53. The average molecular weight is 421 g/mol. The van der Waals surface area contributed by atoms with Crippen LogP contribution in [0.1, 0.15) is 5.56 Å². The van der Waals surface area contributed by atoms with Gasteiger partial charge in [-0.2, -0.15) is 0 Å². The van der Waals surface area contributed by atoms with E-state index in [9.17, 15) is 0 Å². The van der Waals surface area contributed by atoms with Gasteiger partial charge in [0.05, 0.1) is 18.9 Å². The SMILES string of the molecule is Clc1ccc(C=C2CN(CCN3CCOCC3)c3ccccc3S2)c(Cl)c1. The van der Waals surface area contributed by atoms with Crippen LogP contribution >= 0.6 is 35.0 Å². The van der Waals surface area contributed by atoms with Crippen molar-refractivity contribution in [3.8, 4) is 0 Å². The van der Waals surface area contributed by atoms with Crippen molar-refractivity contribution in [1.82, 2.24) is 4.90 Å². The lowest BCUT2D eigenvalue weighted by molar-refractivity contribution is 0.0392. The van der Waals surface area contributed by atoms with Crippen molar-refractivity contribution in [3.63, 3.8) is 0 Å². The molecule has 3 nitrogen and oxygen atoms in total. The van der Waals surface area contributed by atoms with Gasteiger partial charge in [-0.1, -0.05) is 53.2 Å². The van der Waals surface area contributed by atoms with Crippen molar-refractivity contribution in [2.75, 3.05) is 50.8 Å². The van der Waals surface area contributed by atoms with E-state index in [4.69, 9.17) is 27.9 Å². The molecular weight excluding hydrogens is 399 g/mol. The molecule has 2 aromatic rings. The molecule has 6 heteroatoms. The lowest BCUT2D eigenvalue weighted by atomic mass is 10.2. The summed E-state index contributed by atoms with van der Waals surface area (Å²) in [5, 5.41) is 1.35. The monoisotopic (exact) mass is 420 g/mol. The highest BCUT2D eigenvalue weighted by Crippen LogP contribution is 2.41. The normalized spacial score (nSPS) is 19.3. The van der Waals surface area contributed by atoms with Gasteiger partial charge < -0.3 is 9.64 Å². The minimum absolute atomic E-state index is 0.663. The fourth-order valence-corrected chi connectivity index (χ4v) is 5.01. The van der Waals surface area contributed by atoms with Crippen molar-refractivity contribution in [2.24, 2.45) is 0 Å².